The monoisotopic (exact) mass is 564 g/mol. The molecular formula is C26H36N4O6S2. The second-order valence-corrected chi connectivity index (χ2v) is 14.3. The lowest BCUT2D eigenvalue weighted by atomic mass is 9.84. The molecule has 2 heterocycles. The molecule has 0 aliphatic carbocycles. The molecule has 2 fully saturated rings. The van der Waals surface area contributed by atoms with Crippen LogP contribution in [0.15, 0.2) is 59.6 Å². The fourth-order valence-corrected chi connectivity index (χ4v) is 7.46. The van der Waals surface area contributed by atoms with E-state index in [1.165, 1.54) is 10.6 Å². The fraction of sp³-hybridized carbons (Fsp3) is 0.500. The number of benzene rings is 2. The Hall–Kier alpha value is -2.67. The zero-order valence-corrected chi connectivity index (χ0v) is 23.8. The molecular weight excluding hydrogens is 528 g/mol. The van der Waals surface area contributed by atoms with E-state index in [1.807, 2.05) is 42.5 Å². The lowest BCUT2D eigenvalue weighted by molar-refractivity contribution is 0.0382. The van der Waals surface area contributed by atoms with Crippen LogP contribution in [0.2, 0.25) is 0 Å². The number of aliphatic imine (C=N–C) groups is 1. The molecule has 0 aromatic heterocycles. The predicted octanol–water partition coefficient (Wildman–Crippen LogP) is 2.19. The minimum absolute atomic E-state index is 0.108. The van der Waals surface area contributed by atoms with Crippen LogP contribution in [0, 0.1) is 0 Å². The molecule has 2 atom stereocenters. The van der Waals surface area contributed by atoms with Crippen molar-refractivity contribution in [3.05, 3.63) is 65.7 Å². The topological polar surface area (TPSA) is 129 Å². The summed E-state index contributed by atoms with van der Waals surface area (Å²) in [5.41, 5.74) is 0.998. The number of rotatable bonds is 7. The standard InChI is InChI=1S/C26H36N4O6S2/c1-25(2)26(3,21-11-8-12-22(19-21)29-14-16-30(17-15-29)37(4,32)33)38(34,35)28-24(36-25)27-23(13-18-31)20-9-6-5-7-10-20/h5-12,19,23,31H,13-18H2,1-4H3,(H,27,28)/t23-,26?/m0/s1. The Morgan fingerprint density at radius 3 is 2.29 bits per heavy atom. The molecule has 0 saturated carbocycles. The molecule has 2 saturated heterocycles. The number of hydrogen-bond acceptors (Lipinski definition) is 8. The van der Waals surface area contributed by atoms with Gasteiger partial charge in [0.05, 0.1) is 12.3 Å². The first kappa shape index (κ1) is 28.3. The van der Waals surface area contributed by atoms with Crippen LogP contribution in [-0.2, 0) is 29.5 Å². The first-order valence-corrected chi connectivity index (χ1v) is 15.9. The van der Waals surface area contributed by atoms with Gasteiger partial charge in [-0.05, 0) is 50.5 Å². The molecule has 4 rings (SSSR count). The Labute approximate surface area is 225 Å². The number of ether oxygens (including phenoxy) is 1. The molecule has 208 valence electrons. The van der Waals surface area contributed by atoms with E-state index in [0.717, 1.165) is 11.3 Å². The molecule has 0 bridgehead atoms. The van der Waals surface area contributed by atoms with Gasteiger partial charge in [0.1, 0.15) is 5.60 Å². The highest BCUT2D eigenvalue weighted by molar-refractivity contribution is 7.91. The van der Waals surface area contributed by atoms with Gasteiger partial charge in [0.25, 0.3) is 6.02 Å². The van der Waals surface area contributed by atoms with E-state index in [0.29, 0.717) is 38.2 Å². The average Bonchev–Trinajstić information content (AvgIpc) is 2.86. The van der Waals surface area contributed by atoms with Crippen LogP contribution in [0.4, 0.5) is 5.69 Å². The van der Waals surface area contributed by atoms with Gasteiger partial charge in [0.2, 0.25) is 20.0 Å². The van der Waals surface area contributed by atoms with Gasteiger partial charge in [0, 0.05) is 38.5 Å². The summed E-state index contributed by atoms with van der Waals surface area (Å²) in [6.07, 6.45) is 1.52. The van der Waals surface area contributed by atoms with E-state index < -0.39 is 36.4 Å². The van der Waals surface area contributed by atoms with Crippen molar-refractivity contribution >= 4 is 31.8 Å². The zero-order valence-electron chi connectivity index (χ0n) is 22.2. The normalized spacial score (nSPS) is 25.4. The second kappa shape index (κ2) is 10.5. The van der Waals surface area contributed by atoms with E-state index >= 15 is 0 Å². The summed E-state index contributed by atoms with van der Waals surface area (Å²) in [6.45, 7) is 6.70. The van der Waals surface area contributed by atoms with E-state index in [1.54, 1.807) is 32.9 Å². The third-order valence-corrected chi connectivity index (χ3v) is 11.1. The highest BCUT2D eigenvalue weighted by atomic mass is 32.2. The fourth-order valence-electron chi connectivity index (χ4n) is 4.98. The van der Waals surface area contributed by atoms with E-state index in [9.17, 15) is 21.9 Å². The summed E-state index contributed by atoms with van der Waals surface area (Å²) in [7, 11) is -7.28. The molecule has 2 aliphatic heterocycles. The van der Waals surface area contributed by atoms with Crippen LogP contribution in [0.3, 0.4) is 0 Å². The van der Waals surface area contributed by atoms with Crippen molar-refractivity contribution in [3.63, 3.8) is 0 Å². The van der Waals surface area contributed by atoms with Gasteiger partial charge in [-0.15, -0.1) is 0 Å². The predicted molar refractivity (Wildman–Crippen MR) is 148 cm³/mol. The second-order valence-electron chi connectivity index (χ2n) is 10.3. The molecule has 2 aliphatic rings. The molecule has 0 spiro atoms. The lowest BCUT2D eigenvalue weighted by Gasteiger charge is -2.47. The third kappa shape index (κ3) is 5.40. The van der Waals surface area contributed by atoms with Crippen molar-refractivity contribution in [3.8, 4) is 0 Å². The molecule has 38 heavy (non-hydrogen) atoms. The number of piperazine rings is 1. The molecule has 1 unspecified atom stereocenters. The number of nitrogens with one attached hydrogen (secondary N) is 1. The Bertz CT molecular complexity index is 1390. The minimum Gasteiger partial charge on any atom is -0.456 e. The number of anilines is 1. The Balaban J connectivity index is 1.63. The highest BCUT2D eigenvalue weighted by Crippen LogP contribution is 2.45. The molecule has 2 N–H and O–H groups in total. The largest absolute Gasteiger partial charge is 0.456 e. The van der Waals surface area contributed by atoms with Crippen molar-refractivity contribution in [2.75, 3.05) is 43.9 Å². The summed E-state index contributed by atoms with van der Waals surface area (Å²) in [5, 5.41) is 9.57. The summed E-state index contributed by atoms with van der Waals surface area (Å²) in [4.78, 5) is 6.60. The molecule has 12 heteroatoms. The minimum atomic E-state index is -4.03. The first-order valence-electron chi connectivity index (χ1n) is 12.5. The van der Waals surface area contributed by atoms with Crippen LogP contribution < -0.4 is 9.62 Å². The number of aliphatic hydroxyl groups excluding tert-OH is 1. The number of aliphatic hydroxyl groups is 1. The lowest BCUT2D eigenvalue weighted by Crippen LogP contribution is -2.63. The van der Waals surface area contributed by atoms with Crippen molar-refractivity contribution in [2.45, 2.75) is 43.6 Å². The molecule has 2 aromatic carbocycles. The maximum atomic E-state index is 13.8. The molecule has 0 radical (unpaired) electrons. The number of nitrogens with zero attached hydrogens (tertiary/aromatic N) is 3. The maximum Gasteiger partial charge on any atom is 0.299 e. The number of amidine groups is 1. The van der Waals surface area contributed by atoms with E-state index in [4.69, 9.17) is 4.74 Å². The van der Waals surface area contributed by atoms with Crippen molar-refractivity contribution in [1.29, 1.82) is 0 Å². The maximum absolute atomic E-state index is 13.8. The third-order valence-electron chi connectivity index (χ3n) is 7.59. The van der Waals surface area contributed by atoms with Gasteiger partial charge in [-0.2, -0.15) is 4.31 Å². The van der Waals surface area contributed by atoms with Gasteiger partial charge < -0.3 is 14.7 Å². The quantitative estimate of drug-likeness (QED) is 0.528. The average molecular weight is 565 g/mol. The first-order chi connectivity index (χ1) is 17.8. The van der Waals surface area contributed by atoms with Crippen LogP contribution in [-0.4, -0.2) is 76.9 Å². The van der Waals surface area contributed by atoms with Gasteiger partial charge in [-0.25, -0.2) is 26.6 Å². The summed E-state index contributed by atoms with van der Waals surface area (Å²) in [6, 6.07) is 16.1. The van der Waals surface area contributed by atoms with Crippen LogP contribution in [0.1, 0.15) is 44.4 Å². The Morgan fingerprint density at radius 2 is 1.71 bits per heavy atom. The number of hydrogen-bond donors (Lipinski definition) is 2. The van der Waals surface area contributed by atoms with Crippen LogP contribution in [0.5, 0.6) is 0 Å². The molecule has 2 aromatic rings. The van der Waals surface area contributed by atoms with Gasteiger partial charge in [0.15, 0.2) is 4.75 Å². The van der Waals surface area contributed by atoms with Crippen LogP contribution in [0.25, 0.3) is 0 Å². The van der Waals surface area contributed by atoms with Crippen molar-refractivity contribution < 1.29 is 26.7 Å². The smallest absolute Gasteiger partial charge is 0.299 e. The SMILES string of the molecule is CC1(C)OC(=N[C@@H](CCO)c2ccccc2)NS(=O)(=O)C1(C)c1cccc(N2CCN(S(C)(=O)=O)CC2)c1. The molecule has 10 nitrogen and oxygen atoms in total. The van der Waals surface area contributed by atoms with E-state index in [2.05, 4.69) is 14.6 Å². The summed E-state index contributed by atoms with van der Waals surface area (Å²) >= 11 is 0. The van der Waals surface area contributed by atoms with Crippen LogP contribution >= 0.6 is 0 Å². The Morgan fingerprint density at radius 1 is 1.05 bits per heavy atom. The van der Waals surface area contributed by atoms with Gasteiger partial charge in [-0.3, -0.25) is 0 Å². The zero-order chi connectivity index (χ0) is 27.8. The van der Waals surface area contributed by atoms with Gasteiger partial charge in [-0.1, -0.05) is 42.5 Å². The number of sulfonamides is 2. The van der Waals surface area contributed by atoms with Crippen molar-refractivity contribution in [2.24, 2.45) is 4.99 Å². The highest BCUT2D eigenvalue weighted by Gasteiger charge is 2.59. The Kier molecular flexibility index (Phi) is 7.81. The van der Waals surface area contributed by atoms with Gasteiger partial charge >= 0.3 is 0 Å². The summed E-state index contributed by atoms with van der Waals surface area (Å²) < 4.78 is 60.2. The summed E-state index contributed by atoms with van der Waals surface area (Å²) in [5.74, 6) is 0. The van der Waals surface area contributed by atoms with Crippen molar-refractivity contribution in [1.82, 2.24) is 9.03 Å². The molecule has 0 amide bonds. The van der Waals surface area contributed by atoms with E-state index in [-0.39, 0.29) is 12.6 Å².